The zero-order valence-corrected chi connectivity index (χ0v) is 21.5. The van der Waals surface area contributed by atoms with Gasteiger partial charge in [0.1, 0.15) is 0 Å². The minimum atomic E-state index is 1.25. The molecule has 0 N–H and O–H groups in total. The van der Waals surface area contributed by atoms with Crippen LogP contribution in [0.1, 0.15) is 27.8 Å². The van der Waals surface area contributed by atoms with E-state index < -0.39 is 0 Å². The molecule has 0 saturated heterocycles. The average Bonchev–Trinajstić information content (AvgIpc) is 2.89. The SMILES string of the molecule is Cc1c(-c2ccccc2)cc(-c2ccccc2)cc1-c1ccccc1.Cc1cc(C)c(C)c(C)c1. The van der Waals surface area contributed by atoms with Crippen molar-refractivity contribution in [2.24, 2.45) is 0 Å². The van der Waals surface area contributed by atoms with Gasteiger partial charge in [-0.1, -0.05) is 109 Å². The van der Waals surface area contributed by atoms with Gasteiger partial charge in [-0.2, -0.15) is 0 Å². The summed E-state index contributed by atoms with van der Waals surface area (Å²) in [5.41, 5.74) is 14.5. The molecule has 0 heterocycles. The molecule has 5 aromatic carbocycles. The van der Waals surface area contributed by atoms with E-state index in [-0.39, 0.29) is 0 Å². The van der Waals surface area contributed by atoms with Crippen LogP contribution in [-0.4, -0.2) is 0 Å². The van der Waals surface area contributed by atoms with Gasteiger partial charge < -0.3 is 0 Å². The van der Waals surface area contributed by atoms with E-state index in [1.165, 1.54) is 61.2 Å². The summed E-state index contributed by atoms with van der Waals surface area (Å²) in [7, 11) is 0. The molecule has 0 nitrogen and oxygen atoms in total. The summed E-state index contributed by atoms with van der Waals surface area (Å²) in [6.07, 6.45) is 0. The molecule has 0 spiro atoms. The predicted octanol–water partition coefficient (Wildman–Crippen LogP) is 9.92. The molecule has 0 heteroatoms. The highest BCUT2D eigenvalue weighted by Gasteiger charge is 2.11. The maximum absolute atomic E-state index is 2.31. The molecule has 5 rings (SSSR count). The summed E-state index contributed by atoms with van der Waals surface area (Å²) in [5, 5.41) is 0. The van der Waals surface area contributed by atoms with Gasteiger partial charge in [-0.25, -0.2) is 0 Å². The highest BCUT2D eigenvalue weighted by Crippen LogP contribution is 2.36. The highest BCUT2D eigenvalue weighted by atomic mass is 14.2. The Balaban J connectivity index is 0.000000243. The molecule has 0 amide bonds. The van der Waals surface area contributed by atoms with E-state index in [1.807, 2.05) is 0 Å². The number of hydrogen-bond donors (Lipinski definition) is 0. The van der Waals surface area contributed by atoms with E-state index in [0.717, 1.165) is 0 Å². The molecular formula is C35H34. The van der Waals surface area contributed by atoms with E-state index in [4.69, 9.17) is 0 Å². The van der Waals surface area contributed by atoms with Crippen molar-refractivity contribution in [3.05, 3.63) is 143 Å². The molecule has 0 unspecified atom stereocenters. The minimum absolute atomic E-state index is 1.25. The van der Waals surface area contributed by atoms with Crippen LogP contribution in [0.5, 0.6) is 0 Å². The summed E-state index contributed by atoms with van der Waals surface area (Å²) in [6.45, 7) is 10.9. The van der Waals surface area contributed by atoms with Crippen molar-refractivity contribution in [1.82, 2.24) is 0 Å². The van der Waals surface area contributed by atoms with Crippen LogP contribution in [0, 0.1) is 34.6 Å². The van der Waals surface area contributed by atoms with Crippen LogP contribution in [0.2, 0.25) is 0 Å². The number of benzene rings is 5. The second-order valence-electron chi connectivity index (χ2n) is 9.32. The molecular weight excluding hydrogens is 420 g/mol. The first kappa shape index (κ1) is 24.2. The van der Waals surface area contributed by atoms with Crippen LogP contribution in [0.4, 0.5) is 0 Å². The fourth-order valence-corrected chi connectivity index (χ4v) is 4.60. The van der Waals surface area contributed by atoms with Gasteiger partial charge in [0.25, 0.3) is 0 Å². The number of hydrogen-bond acceptors (Lipinski definition) is 0. The zero-order valence-electron chi connectivity index (χ0n) is 21.5. The predicted molar refractivity (Wildman–Crippen MR) is 153 cm³/mol. The molecule has 0 saturated carbocycles. The Labute approximate surface area is 210 Å². The summed E-state index contributed by atoms with van der Waals surface area (Å²) >= 11 is 0. The molecule has 174 valence electrons. The smallest absolute Gasteiger partial charge is 0.0142 e. The molecule has 0 bridgehead atoms. The first-order valence-corrected chi connectivity index (χ1v) is 12.3. The number of aryl methyl sites for hydroxylation is 3. The first-order chi connectivity index (χ1) is 16.9. The Kier molecular flexibility index (Phi) is 7.63. The fraction of sp³-hybridized carbons (Fsp3) is 0.143. The summed E-state index contributed by atoms with van der Waals surface area (Å²) in [4.78, 5) is 0. The summed E-state index contributed by atoms with van der Waals surface area (Å²) < 4.78 is 0. The third kappa shape index (κ3) is 5.78. The van der Waals surface area contributed by atoms with E-state index >= 15 is 0 Å². The van der Waals surface area contributed by atoms with Crippen LogP contribution in [0.25, 0.3) is 33.4 Å². The molecule has 0 radical (unpaired) electrons. The van der Waals surface area contributed by atoms with Crippen LogP contribution in [0.15, 0.2) is 115 Å². The average molecular weight is 455 g/mol. The lowest BCUT2D eigenvalue weighted by molar-refractivity contribution is 1.23. The lowest BCUT2D eigenvalue weighted by atomic mass is 9.88. The van der Waals surface area contributed by atoms with Crippen LogP contribution in [-0.2, 0) is 0 Å². The molecule has 0 aliphatic heterocycles. The standard InChI is InChI=1S/C25H20.C10H14/c1-19-24(21-13-7-3-8-14-21)17-23(20-11-5-2-6-12-20)18-25(19)22-15-9-4-10-16-22;1-7-5-8(2)10(4)9(3)6-7/h2-18H,1H3;5-6H,1-4H3. The Hall–Kier alpha value is -3.90. The van der Waals surface area contributed by atoms with Gasteiger partial charge in [0, 0.05) is 0 Å². The van der Waals surface area contributed by atoms with Crippen LogP contribution >= 0.6 is 0 Å². The maximum Gasteiger partial charge on any atom is -0.0142 e. The second-order valence-corrected chi connectivity index (χ2v) is 9.32. The summed E-state index contributed by atoms with van der Waals surface area (Å²) in [5.74, 6) is 0. The van der Waals surface area contributed by atoms with Crippen molar-refractivity contribution >= 4 is 0 Å². The van der Waals surface area contributed by atoms with Gasteiger partial charge in [0.05, 0.1) is 0 Å². The third-order valence-electron chi connectivity index (χ3n) is 6.76. The Morgan fingerprint density at radius 3 is 1.11 bits per heavy atom. The first-order valence-electron chi connectivity index (χ1n) is 12.3. The molecule has 35 heavy (non-hydrogen) atoms. The van der Waals surface area contributed by atoms with Crippen molar-refractivity contribution in [3.63, 3.8) is 0 Å². The summed E-state index contributed by atoms with van der Waals surface area (Å²) in [6, 6.07) is 41.0. The van der Waals surface area contributed by atoms with Crippen molar-refractivity contribution in [2.75, 3.05) is 0 Å². The van der Waals surface area contributed by atoms with Crippen molar-refractivity contribution in [1.29, 1.82) is 0 Å². The molecule has 0 fully saturated rings. The largest absolute Gasteiger partial charge is 0.0622 e. The van der Waals surface area contributed by atoms with E-state index in [2.05, 4.69) is 150 Å². The fourth-order valence-electron chi connectivity index (χ4n) is 4.60. The minimum Gasteiger partial charge on any atom is -0.0622 e. The van der Waals surface area contributed by atoms with Crippen molar-refractivity contribution in [3.8, 4) is 33.4 Å². The second kappa shape index (κ2) is 11.0. The lowest BCUT2D eigenvalue weighted by Gasteiger charge is -2.16. The van der Waals surface area contributed by atoms with Crippen molar-refractivity contribution in [2.45, 2.75) is 34.6 Å². The highest BCUT2D eigenvalue weighted by molar-refractivity contribution is 5.84. The molecule has 0 aliphatic carbocycles. The van der Waals surface area contributed by atoms with Crippen LogP contribution < -0.4 is 0 Å². The topological polar surface area (TPSA) is 0 Å². The van der Waals surface area contributed by atoms with E-state index in [9.17, 15) is 0 Å². The quantitative estimate of drug-likeness (QED) is 0.254. The monoisotopic (exact) mass is 454 g/mol. The molecule has 0 aliphatic rings. The maximum atomic E-state index is 2.31. The Morgan fingerprint density at radius 1 is 0.343 bits per heavy atom. The van der Waals surface area contributed by atoms with Gasteiger partial charge in [0.15, 0.2) is 0 Å². The van der Waals surface area contributed by atoms with Crippen molar-refractivity contribution < 1.29 is 0 Å². The van der Waals surface area contributed by atoms with E-state index in [0.29, 0.717) is 0 Å². The molecule has 0 aromatic heterocycles. The zero-order chi connectivity index (χ0) is 24.8. The van der Waals surface area contributed by atoms with Gasteiger partial charge in [-0.05, 0) is 102 Å². The van der Waals surface area contributed by atoms with E-state index in [1.54, 1.807) is 0 Å². The number of rotatable bonds is 3. The Morgan fingerprint density at radius 2 is 0.714 bits per heavy atom. The Bertz CT molecular complexity index is 1310. The third-order valence-corrected chi connectivity index (χ3v) is 6.76. The lowest BCUT2D eigenvalue weighted by Crippen LogP contribution is -1.91. The van der Waals surface area contributed by atoms with Gasteiger partial charge in [0.2, 0.25) is 0 Å². The van der Waals surface area contributed by atoms with Gasteiger partial charge in [-0.3, -0.25) is 0 Å². The van der Waals surface area contributed by atoms with Crippen LogP contribution in [0.3, 0.4) is 0 Å². The molecule has 5 aromatic rings. The molecule has 0 atom stereocenters. The van der Waals surface area contributed by atoms with Gasteiger partial charge >= 0.3 is 0 Å². The van der Waals surface area contributed by atoms with Gasteiger partial charge in [-0.15, -0.1) is 0 Å². The normalized spacial score (nSPS) is 10.4.